The molecular weight excluding hydrogens is 391 g/mol. The van der Waals surface area contributed by atoms with E-state index in [1.807, 2.05) is 13.8 Å². The monoisotopic (exact) mass is 424 g/mol. The molecule has 1 aliphatic carbocycles. The van der Waals surface area contributed by atoms with Crippen LogP contribution in [0.2, 0.25) is 0 Å². The molecule has 130 valence electrons. The van der Waals surface area contributed by atoms with Gasteiger partial charge in [-0.05, 0) is 24.7 Å². The SMILES string of the molecule is CCC1(CNC(=NC)NCCNC(=O)C(C)C)CCCC1.I. The first-order valence-electron chi connectivity index (χ1n) is 8.25. The number of hydrogen-bond donors (Lipinski definition) is 3. The predicted octanol–water partition coefficient (Wildman–Crippen LogP) is 2.51. The molecule has 0 bridgehead atoms. The lowest BCUT2D eigenvalue weighted by Crippen LogP contribution is -2.45. The van der Waals surface area contributed by atoms with Gasteiger partial charge in [0.1, 0.15) is 0 Å². The summed E-state index contributed by atoms with van der Waals surface area (Å²) < 4.78 is 0. The second-order valence-corrected chi connectivity index (χ2v) is 6.36. The maximum atomic E-state index is 11.5. The van der Waals surface area contributed by atoms with E-state index in [4.69, 9.17) is 0 Å². The van der Waals surface area contributed by atoms with Crippen molar-refractivity contribution in [2.75, 3.05) is 26.7 Å². The first kappa shape index (κ1) is 21.5. The van der Waals surface area contributed by atoms with Gasteiger partial charge in [0.15, 0.2) is 5.96 Å². The molecule has 1 saturated carbocycles. The Morgan fingerprint density at radius 3 is 2.23 bits per heavy atom. The predicted molar refractivity (Wildman–Crippen MR) is 104 cm³/mol. The molecule has 22 heavy (non-hydrogen) atoms. The number of rotatable bonds is 7. The molecule has 0 aliphatic heterocycles. The molecule has 0 unspecified atom stereocenters. The minimum absolute atomic E-state index is 0. The van der Waals surface area contributed by atoms with Crippen molar-refractivity contribution in [3.8, 4) is 0 Å². The summed E-state index contributed by atoms with van der Waals surface area (Å²) in [7, 11) is 1.79. The molecule has 0 heterocycles. The molecule has 0 aromatic rings. The maximum absolute atomic E-state index is 11.5. The van der Waals surface area contributed by atoms with Crippen molar-refractivity contribution < 1.29 is 4.79 Å². The van der Waals surface area contributed by atoms with Crippen LogP contribution >= 0.6 is 24.0 Å². The van der Waals surface area contributed by atoms with E-state index in [1.54, 1.807) is 7.05 Å². The number of guanidine groups is 1. The van der Waals surface area contributed by atoms with Crippen molar-refractivity contribution in [3.05, 3.63) is 0 Å². The van der Waals surface area contributed by atoms with Crippen LogP contribution in [-0.4, -0.2) is 38.5 Å². The van der Waals surface area contributed by atoms with E-state index in [9.17, 15) is 4.79 Å². The number of aliphatic imine (C=N–C) groups is 1. The lowest BCUT2D eigenvalue weighted by atomic mass is 9.83. The molecule has 0 saturated heterocycles. The van der Waals surface area contributed by atoms with Gasteiger partial charge in [0.25, 0.3) is 0 Å². The lowest BCUT2D eigenvalue weighted by Gasteiger charge is -2.28. The van der Waals surface area contributed by atoms with E-state index in [-0.39, 0.29) is 35.8 Å². The summed E-state index contributed by atoms with van der Waals surface area (Å²) in [5.74, 6) is 0.957. The molecular formula is C16H33IN4O. The average Bonchev–Trinajstić information content (AvgIpc) is 2.95. The largest absolute Gasteiger partial charge is 0.356 e. The van der Waals surface area contributed by atoms with Crippen LogP contribution in [0.4, 0.5) is 0 Å². The van der Waals surface area contributed by atoms with Crippen LogP contribution < -0.4 is 16.0 Å². The Hall–Kier alpha value is -0.530. The molecule has 0 atom stereocenters. The van der Waals surface area contributed by atoms with Gasteiger partial charge in [-0.15, -0.1) is 24.0 Å². The van der Waals surface area contributed by atoms with Crippen LogP contribution in [0.3, 0.4) is 0 Å². The Labute approximate surface area is 152 Å². The summed E-state index contributed by atoms with van der Waals surface area (Å²) in [6, 6.07) is 0. The van der Waals surface area contributed by atoms with Crippen molar-refractivity contribution in [2.45, 2.75) is 52.9 Å². The highest BCUT2D eigenvalue weighted by molar-refractivity contribution is 14.0. The zero-order valence-electron chi connectivity index (χ0n) is 14.5. The van der Waals surface area contributed by atoms with Gasteiger partial charge >= 0.3 is 0 Å². The smallest absolute Gasteiger partial charge is 0.222 e. The standard InChI is InChI=1S/C16H32N4O.HI/c1-5-16(8-6-7-9-16)12-20-15(17-4)19-11-10-18-14(21)13(2)3;/h13H,5-12H2,1-4H3,(H,18,21)(H2,17,19,20);1H. The normalized spacial score (nSPS) is 17.0. The molecule has 0 radical (unpaired) electrons. The molecule has 1 aliphatic rings. The lowest BCUT2D eigenvalue weighted by molar-refractivity contribution is -0.123. The van der Waals surface area contributed by atoms with Gasteiger partial charge < -0.3 is 16.0 Å². The van der Waals surface area contributed by atoms with E-state index < -0.39 is 0 Å². The molecule has 1 amide bonds. The highest BCUT2D eigenvalue weighted by Crippen LogP contribution is 2.40. The maximum Gasteiger partial charge on any atom is 0.222 e. The van der Waals surface area contributed by atoms with Gasteiger partial charge in [0.2, 0.25) is 5.91 Å². The molecule has 6 heteroatoms. The van der Waals surface area contributed by atoms with Gasteiger partial charge in [-0.1, -0.05) is 33.6 Å². The summed E-state index contributed by atoms with van der Waals surface area (Å²) in [5, 5.41) is 9.59. The zero-order valence-corrected chi connectivity index (χ0v) is 16.8. The molecule has 0 aromatic carbocycles. The van der Waals surface area contributed by atoms with Crippen LogP contribution in [-0.2, 0) is 4.79 Å². The van der Waals surface area contributed by atoms with E-state index in [0.29, 0.717) is 18.5 Å². The number of nitrogens with one attached hydrogen (secondary N) is 3. The van der Waals surface area contributed by atoms with Gasteiger partial charge in [0.05, 0.1) is 0 Å². The summed E-state index contributed by atoms with van der Waals surface area (Å²) in [4.78, 5) is 15.7. The van der Waals surface area contributed by atoms with Crippen LogP contribution in [0.15, 0.2) is 4.99 Å². The summed E-state index contributed by atoms with van der Waals surface area (Å²) in [6.07, 6.45) is 6.56. The van der Waals surface area contributed by atoms with Crippen LogP contribution in [0.5, 0.6) is 0 Å². The molecule has 3 N–H and O–H groups in total. The van der Waals surface area contributed by atoms with Crippen molar-refractivity contribution in [3.63, 3.8) is 0 Å². The fourth-order valence-corrected chi connectivity index (χ4v) is 2.84. The molecule has 1 fully saturated rings. The first-order valence-corrected chi connectivity index (χ1v) is 8.25. The first-order chi connectivity index (χ1) is 10.0. The van der Waals surface area contributed by atoms with Gasteiger partial charge in [-0.2, -0.15) is 0 Å². The second kappa shape index (κ2) is 11.1. The minimum atomic E-state index is 0. The third-order valence-corrected chi connectivity index (χ3v) is 4.51. The van der Waals surface area contributed by atoms with Gasteiger partial charge in [-0.25, -0.2) is 0 Å². The highest BCUT2D eigenvalue weighted by atomic mass is 127. The Bertz CT molecular complexity index is 352. The topological polar surface area (TPSA) is 65.5 Å². The van der Waals surface area contributed by atoms with E-state index in [1.165, 1.54) is 32.1 Å². The van der Waals surface area contributed by atoms with Crippen LogP contribution in [0.25, 0.3) is 0 Å². The number of halogens is 1. The second-order valence-electron chi connectivity index (χ2n) is 6.36. The highest BCUT2D eigenvalue weighted by Gasteiger charge is 2.31. The number of carbonyl (C=O) groups excluding carboxylic acids is 1. The van der Waals surface area contributed by atoms with Crippen molar-refractivity contribution in [1.82, 2.24) is 16.0 Å². The third-order valence-electron chi connectivity index (χ3n) is 4.51. The Balaban J connectivity index is 0.00000441. The van der Waals surface area contributed by atoms with Crippen molar-refractivity contribution in [2.24, 2.45) is 16.3 Å². The average molecular weight is 424 g/mol. The van der Waals surface area contributed by atoms with Crippen LogP contribution in [0.1, 0.15) is 52.9 Å². The number of hydrogen-bond acceptors (Lipinski definition) is 2. The zero-order chi connectivity index (χ0) is 15.7. The van der Waals surface area contributed by atoms with Crippen molar-refractivity contribution >= 4 is 35.8 Å². The van der Waals surface area contributed by atoms with E-state index >= 15 is 0 Å². The van der Waals surface area contributed by atoms with E-state index in [0.717, 1.165) is 12.5 Å². The molecule has 5 nitrogen and oxygen atoms in total. The minimum Gasteiger partial charge on any atom is -0.356 e. The van der Waals surface area contributed by atoms with Gasteiger partial charge in [0, 0.05) is 32.6 Å². The Morgan fingerprint density at radius 2 is 1.73 bits per heavy atom. The Kier molecular flexibility index (Phi) is 10.8. The molecule has 0 aromatic heterocycles. The Morgan fingerprint density at radius 1 is 1.14 bits per heavy atom. The molecule has 0 spiro atoms. The van der Waals surface area contributed by atoms with Crippen LogP contribution in [0, 0.1) is 11.3 Å². The summed E-state index contributed by atoms with van der Waals surface area (Å²) in [6.45, 7) is 8.38. The number of amides is 1. The fraction of sp³-hybridized carbons (Fsp3) is 0.875. The molecule has 1 rings (SSSR count). The third kappa shape index (κ3) is 7.15. The number of carbonyl (C=O) groups is 1. The number of nitrogens with zero attached hydrogens (tertiary/aromatic N) is 1. The van der Waals surface area contributed by atoms with Crippen molar-refractivity contribution in [1.29, 1.82) is 0 Å². The fourth-order valence-electron chi connectivity index (χ4n) is 2.84. The summed E-state index contributed by atoms with van der Waals surface area (Å²) in [5.41, 5.74) is 0.448. The van der Waals surface area contributed by atoms with Gasteiger partial charge in [-0.3, -0.25) is 9.79 Å². The quantitative estimate of drug-likeness (QED) is 0.255. The van der Waals surface area contributed by atoms with E-state index in [2.05, 4.69) is 27.9 Å². The summed E-state index contributed by atoms with van der Waals surface area (Å²) >= 11 is 0.